The molecular formula is C20H27N3O3. The maximum Gasteiger partial charge on any atom is 0.338 e. The lowest BCUT2D eigenvalue weighted by atomic mass is 9.91. The number of esters is 1. The van der Waals surface area contributed by atoms with E-state index in [1.54, 1.807) is 0 Å². The number of rotatable bonds is 5. The number of amides is 2. The summed E-state index contributed by atoms with van der Waals surface area (Å²) in [4.78, 5) is 24.8. The summed E-state index contributed by atoms with van der Waals surface area (Å²) in [5.41, 5.74) is 2.97. The third kappa shape index (κ3) is 4.07. The van der Waals surface area contributed by atoms with Gasteiger partial charge >= 0.3 is 12.0 Å². The number of urea groups is 1. The number of carbonyl (C=O) groups is 2. The minimum atomic E-state index is -0.513. The second-order valence-corrected chi connectivity index (χ2v) is 6.99. The summed E-state index contributed by atoms with van der Waals surface area (Å²) in [5, 5.41) is 9.18. The van der Waals surface area contributed by atoms with E-state index in [1.165, 1.54) is 26.4 Å². The van der Waals surface area contributed by atoms with Crippen LogP contribution in [0.1, 0.15) is 49.3 Å². The molecule has 0 unspecified atom stereocenters. The molecule has 26 heavy (non-hydrogen) atoms. The molecule has 0 radical (unpaired) electrons. The van der Waals surface area contributed by atoms with Crippen molar-refractivity contribution in [3.63, 3.8) is 0 Å². The van der Waals surface area contributed by atoms with Crippen LogP contribution in [0.3, 0.4) is 0 Å². The molecule has 1 aromatic carbocycles. The van der Waals surface area contributed by atoms with E-state index >= 15 is 0 Å². The molecule has 0 aromatic heterocycles. The van der Waals surface area contributed by atoms with Gasteiger partial charge in [0.05, 0.1) is 18.7 Å². The molecule has 0 bridgehead atoms. The van der Waals surface area contributed by atoms with Crippen molar-refractivity contribution in [2.24, 2.45) is 0 Å². The van der Waals surface area contributed by atoms with Crippen molar-refractivity contribution in [1.82, 2.24) is 16.0 Å². The zero-order valence-electron chi connectivity index (χ0n) is 15.4. The minimum Gasteiger partial charge on any atom is -0.466 e. The molecule has 1 aromatic rings. The highest BCUT2D eigenvalue weighted by molar-refractivity contribution is 5.95. The molecule has 0 spiro atoms. The summed E-state index contributed by atoms with van der Waals surface area (Å²) < 4.78 is 5.02. The van der Waals surface area contributed by atoms with Crippen LogP contribution >= 0.6 is 0 Å². The smallest absolute Gasteiger partial charge is 0.338 e. The first-order chi connectivity index (χ1) is 12.6. The lowest BCUT2D eigenvalue weighted by molar-refractivity contribution is -0.136. The highest BCUT2D eigenvalue weighted by Gasteiger charge is 2.34. The van der Waals surface area contributed by atoms with E-state index in [0.717, 1.165) is 24.0 Å². The number of aryl methyl sites for hydroxylation is 1. The van der Waals surface area contributed by atoms with Crippen molar-refractivity contribution in [2.75, 3.05) is 13.7 Å². The van der Waals surface area contributed by atoms with Crippen molar-refractivity contribution in [1.29, 1.82) is 0 Å². The van der Waals surface area contributed by atoms with Gasteiger partial charge in [0.1, 0.15) is 0 Å². The van der Waals surface area contributed by atoms with E-state index in [1.807, 2.05) is 31.2 Å². The standard InChI is InChI=1S/C20H27N3O3/c1-13-8-6-7-11-15(13)18-17(19(24)26-2)16(22-20(25)23-18)12-21-14-9-4-3-5-10-14/h6-8,11,14,18,21H,3-5,9-10,12H2,1-2H3,(H2,22,23,25)/t18-/m1/s1. The molecule has 6 heteroatoms. The van der Waals surface area contributed by atoms with Gasteiger partial charge < -0.3 is 20.7 Å². The van der Waals surface area contributed by atoms with E-state index in [4.69, 9.17) is 4.74 Å². The molecule has 140 valence electrons. The Morgan fingerprint density at radius 2 is 1.96 bits per heavy atom. The summed E-state index contributed by atoms with van der Waals surface area (Å²) in [5.74, 6) is -0.425. The molecule has 2 amide bonds. The summed E-state index contributed by atoms with van der Waals surface area (Å²) in [6, 6.07) is 7.37. The molecule has 2 aliphatic rings. The zero-order chi connectivity index (χ0) is 18.5. The quantitative estimate of drug-likeness (QED) is 0.708. The molecular weight excluding hydrogens is 330 g/mol. The number of benzene rings is 1. The van der Waals surface area contributed by atoms with Crippen LogP contribution < -0.4 is 16.0 Å². The molecule has 1 saturated carbocycles. The van der Waals surface area contributed by atoms with E-state index in [9.17, 15) is 9.59 Å². The number of ether oxygens (including phenoxy) is 1. The van der Waals surface area contributed by atoms with E-state index in [0.29, 0.717) is 23.9 Å². The summed E-state index contributed by atoms with van der Waals surface area (Å²) in [6.45, 7) is 2.42. The number of nitrogens with one attached hydrogen (secondary N) is 3. The predicted octanol–water partition coefficient (Wildman–Crippen LogP) is 2.70. The Morgan fingerprint density at radius 3 is 2.65 bits per heavy atom. The van der Waals surface area contributed by atoms with Gasteiger partial charge in [0.2, 0.25) is 0 Å². The normalized spacial score (nSPS) is 21.2. The number of methoxy groups -OCH3 is 1. The Balaban J connectivity index is 1.91. The van der Waals surface area contributed by atoms with Gasteiger partial charge in [-0.25, -0.2) is 9.59 Å². The van der Waals surface area contributed by atoms with Gasteiger partial charge in [-0.05, 0) is 30.9 Å². The van der Waals surface area contributed by atoms with Crippen molar-refractivity contribution in [3.8, 4) is 0 Å². The molecule has 6 nitrogen and oxygen atoms in total. The molecule has 1 aliphatic carbocycles. The van der Waals surface area contributed by atoms with Gasteiger partial charge in [0.25, 0.3) is 0 Å². The number of hydrogen-bond donors (Lipinski definition) is 3. The van der Waals surface area contributed by atoms with Crippen LogP contribution in [0.4, 0.5) is 4.79 Å². The molecule has 1 heterocycles. The van der Waals surface area contributed by atoms with E-state index in [-0.39, 0.29) is 6.03 Å². The highest BCUT2D eigenvalue weighted by atomic mass is 16.5. The fourth-order valence-electron chi connectivity index (χ4n) is 3.81. The number of hydrogen-bond acceptors (Lipinski definition) is 4. The first-order valence-corrected chi connectivity index (χ1v) is 9.28. The van der Waals surface area contributed by atoms with Crippen LogP contribution in [0.5, 0.6) is 0 Å². The largest absolute Gasteiger partial charge is 0.466 e. The molecule has 1 fully saturated rings. The van der Waals surface area contributed by atoms with Crippen LogP contribution in [0.25, 0.3) is 0 Å². The molecule has 3 rings (SSSR count). The average molecular weight is 357 g/mol. The summed E-state index contributed by atoms with van der Waals surface area (Å²) >= 11 is 0. The molecule has 0 saturated heterocycles. The van der Waals surface area contributed by atoms with Crippen molar-refractivity contribution in [2.45, 2.75) is 51.1 Å². The van der Waals surface area contributed by atoms with Crippen LogP contribution in [-0.4, -0.2) is 31.7 Å². The van der Waals surface area contributed by atoms with Gasteiger partial charge in [0.15, 0.2) is 0 Å². The Hall–Kier alpha value is -2.34. The second kappa shape index (κ2) is 8.36. The Kier molecular flexibility index (Phi) is 5.93. The lowest BCUT2D eigenvalue weighted by Gasteiger charge is -2.31. The SMILES string of the molecule is COC(=O)C1=C(CNC2CCCCC2)NC(=O)N[C@@H]1c1ccccc1C. The van der Waals surface area contributed by atoms with Gasteiger partial charge in [-0.1, -0.05) is 43.5 Å². The maximum atomic E-state index is 12.5. The van der Waals surface area contributed by atoms with E-state index < -0.39 is 12.0 Å². The zero-order valence-corrected chi connectivity index (χ0v) is 15.4. The first-order valence-electron chi connectivity index (χ1n) is 9.28. The second-order valence-electron chi connectivity index (χ2n) is 6.99. The fraction of sp³-hybridized carbons (Fsp3) is 0.500. The third-order valence-electron chi connectivity index (χ3n) is 5.23. The van der Waals surface area contributed by atoms with Crippen LogP contribution in [0, 0.1) is 6.92 Å². The van der Waals surface area contributed by atoms with Crippen LogP contribution in [0.15, 0.2) is 35.5 Å². The topological polar surface area (TPSA) is 79.5 Å². The molecule has 3 N–H and O–H groups in total. The van der Waals surface area contributed by atoms with Crippen LogP contribution in [-0.2, 0) is 9.53 Å². The van der Waals surface area contributed by atoms with Crippen molar-refractivity contribution < 1.29 is 14.3 Å². The highest BCUT2D eigenvalue weighted by Crippen LogP contribution is 2.29. The van der Waals surface area contributed by atoms with Gasteiger partial charge in [-0.15, -0.1) is 0 Å². The Labute approximate surface area is 154 Å². The monoisotopic (exact) mass is 357 g/mol. The van der Waals surface area contributed by atoms with Crippen LogP contribution in [0.2, 0.25) is 0 Å². The van der Waals surface area contributed by atoms with Crippen molar-refractivity contribution >= 4 is 12.0 Å². The minimum absolute atomic E-state index is 0.300. The first kappa shape index (κ1) is 18.5. The summed E-state index contributed by atoms with van der Waals surface area (Å²) in [7, 11) is 1.37. The van der Waals surface area contributed by atoms with Gasteiger partial charge in [-0.2, -0.15) is 0 Å². The Bertz CT molecular complexity index is 708. The van der Waals surface area contributed by atoms with Crippen molar-refractivity contribution in [3.05, 3.63) is 46.7 Å². The predicted molar refractivity (Wildman–Crippen MR) is 99.5 cm³/mol. The average Bonchev–Trinajstić information content (AvgIpc) is 2.66. The van der Waals surface area contributed by atoms with Gasteiger partial charge in [-0.3, -0.25) is 0 Å². The molecule has 1 aliphatic heterocycles. The maximum absolute atomic E-state index is 12.5. The molecule has 1 atom stereocenters. The lowest BCUT2D eigenvalue weighted by Crippen LogP contribution is -2.49. The Morgan fingerprint density at radius 1 is 1.23 bits per heavy atom. The van der Waals surface area contributed by atoms with Gasteiger partial charge in [0, 0.05) is 18.3 Å². The van der Waals surface area contributed by atoms with E-state index in [2.05, 4.69) is 16.0 Å². The summed E-state index contributed by atoms with van der Waals surface area (Å²) in [6.07, 6.45) is 5.99. The fourth-order valence-corrected chi connectivity index (χ4v) is 3.81. The third-order valence-corrected chi connectivity index (χ3v) is 5.23. The number of carbonyl (C=O) groups excluding carboxylic acids is 2.